The molecule has 2 aromatic carbocycles. The number of carbonyl (C=O) groups is 3. The van der Waals surface area contributed by atoms with E-state index in [-0.39, 0.29) is 35.1 Å². The van der Waals surface area contributed by atoms with Crippen LogP contribution >= 0.6 is 23.4 Å². The number of amides is 3. The van der Waals surface area contributed by atoms with Crippen molar-refractivity contribution in [2.75, 3.05) is 25.9 Å². The molecule has 1 saturated heterocycles. The van der Waals surface area contributed by atoms with E-state index in [0.29, 0.717) is 42.8 Å². The van der Waals surface area contributed by atoms with E-state index in [4.69, 9.17) is 16.0 Å². The van der Waals surface area contributed by atoms with Gasteiger partial charge in [-0.15, -0.1) is 11.8 Å². The Morgan fingerprint density at radius 3 is 2.24 bits per heavy atom. The number of carbonyl (C=O) groups excluding carboxylic acids is 3. The lowest BCUT2D eigenvalue weighted by atomic mass is 9.63. The number of hydrogen-bond donors (Lipinski definition) is 2. The number of halogens is 1. The van der Waals surface area contributed by atoms with Crippen molar-refractivity contribution in [3.05, 3.63) is 75.1 Å². The Bertz CT molecular complexity index is 1560. The van der Waals surface area contributed by atoms with Crippen molar-refractivity contribution in [3.8, 4) is 0 Å². The average Bonchev–Trinajstić information content (AvgIpc) is 3.04. The Balaban J connectivity index is 0.000000523. The molecule has 2 aliphatic rings. The number of nitrogens with zero attached hydrogens (tertiary/aromatic N) is 1. The number of hydrogen-bond acceptors (Lipinski definition) is 6. The van der Waals surface area contributed by atoms with E-state index in [2.05, 4.69) is 10.6 Å². The lowest BCUT2D eigenvalue weighted by Gasteiger charge is -2.47. The first-order valence-electron chi connectivity index (χ1n) is 16.0. The molecule has 2 fully saturated rings. The van der Waals surface area contributed by atoms with Gasteiger partial charge in [-0.1, -0.05) is 48.6 Å². The minimum atomic E-state index is -0.607. The van der Waals surface area contributed by atoms with Crippen LogP contribution in [0.2, 0.25) is 5.02 Å². The molecule has 3 amide bonds. The molecule has 2 heterocycles. The first-order chi connectivity index (χ1) is 21.8. The van der Waals surface area contributed by atoms with Gasteiger partial charge >= 0.3 is 0 Å². The number of nitrogens with one attached hydrogen (secondary N) is 2. The van der Waals surface area contributed by atoms with Crippen LogP contribution in [0.15, 0.2) is 62.6 Å². The molecule has 1 aromatic heterocycles. The summed E-state index contributed by atoms with van der Waals surface area (Å²) in [6.07, 6.45) is 8.78. The number of piperidine rings is 1. The molecule has 2 N–H and O–H groups in total. The van der Waals surface area contributed by atoms with Gasteiger partial charge in [-0.25, -0.2) is 0 Å². The molecule has 10 heteroatoms. The van der Waals surface area contributed by atoms with E-state index in [0.717, 1.165) is 35.6 Å². The van der Waals surface area contributed by atoms with E-state index in [9.17, 15) is 19.2 Å². The van der Waals surface area contributed by atoms with E-state index < -0.39 is 11.3 Å². The fourth-order valence-corrected chi connectivity index (χ4v) is 6.92. The van der Waals surface area contributed by atoms with E-state index >= 15 is 0 Å². The number of benzene rings is 2. The summed E-state index contributed by atoms with van der Waals surface area (Å²) in [6.45, 7) is 8.80. The minimum Gasteiger partial charge on any atom is -0.451 e. The van der Waals surface area contributed by atoms with Gasteiger partial charge in [0.2, 0.25) is 11.8 Å². The minimum absolute atomic E-state index is 0.105. The second-order valence-corrected chi connectivity index (χ2v) is 14.7. The van der Waals surface area contributed by atoms with Gasteiger partial charge < -0.3 is 20.0 Å². The fourth-order valence-electron chi connectivity index (χ4n) is 6.36. The lowest BCUT2D eigenvalue weighted by Crippen LogP contribution is -2.57. The molecule has 5 rings (SSSR count). The summed E-state index contributed by atoms with van der Waals surface area (Å²) in [6, 6.07) is 14.2. The standard InChI is InChI=1S/C29H39N3O5S.C7H7Cl/c1-28(2,3)31-27(36)29(19-8-6-5-7-9-19)12-14-32(15-13-29)25(34)18-30-26(35)24-17-22(33)21-16-20(38-4)10-11-23(21)37-24;1-6-2-4-7(8)5-3-6/h10-11,16-17,19H,5-9,12-15,18H2,1-4H3,(H,30,35)(H,31,36);2-5H,1H3. The smallest absolute Gasteiger partial charge is 0.287 e. The highest BCUT2D eigenvalue weighted by molar-refractivity contribution is 7.98. The highest BCUT2D eigenvalue weighted by Crippen LogP contribution is 2.46. The number of rotatable bonds is 6. The van der Waals surface area contributed by atoms with Crippen molar-refractivity contribution in [1.29, 1.82) is 0 Å². The molecule has 0 bridgehead atoms. The molecule has 3 aromatic rings. The highest BCUT2D eigenvalue weighted by Gasteiger charge is 2.48. The zero-order valence-electron chi connectivity index (χ0n) is 27.5. The Hall–Kier alpha value is -3.30. The quantitative estimate of drug-likeness (QED) is 0.274. The van der Waals surface area contributed by atoms with Crippen LogP contribution in [0.1, 0.15) is 81.8 Å². The summed E-state index contributed by atoms with van der Waals surface area (Å²) in [7, 11) is 0. The second kappa shape index (κ2) is 15.5. The normalized spacial score (nSPS) is 16.7. The van der Waals surface area contributed by atoms with Gasteiger partial charge in [-0.05, 0) is 95.9 Å². The van der Waals surface area contributed by atoms with Crippen LogP contribution in [0.25, 0.3) is 11.0 Å². The maximum atomic E-state index is 13.5. The monoisotopic (exact) mass is 667 g/mol. The SMILES string of the molecule is CSc1ccc2oc(C(=O)NCC(=O)N3CCC(C(=O)NC(C)(C)C)(C4CCCCC4)CC3)cc(=O)c2c1.Cc1ccc(Cl)cc1. The molecule has 248 valence electrons. The summed E-state index contributed by atoms with van der Waals surface area (Å²) in [5, 5.41) is 7.03. The first kappa shape index (κ1) is 35.6. The van der Waals surface area contributed by atoms with Crippen LogP contribution in [0, 0.1) is 18.3 Å². The third-order valence-electron chi connectivity index (χ3n) is 8.90. The molecule has 1 aliphatic heterocycles. The Labute approximate surface area is 281 Å². The summed E-state index contributed by atoms with van der Waals surface area (Å²) < 4.78 is 5.65. The predicted molar refractivity (Wildman–Crippen MR) is 186 cm³/mol. The Morgan fingerprint density at radius 2 is 1.65 bits per heavy atom. The predicted octanol–water partition coefficient (Wildman–Crippen LogP) is 7.00. The number of likely N-dealkylation sites (tertiary alicyclic amines) is 1. The summed E-state index contributed by atoms with van der Waals surface area (Å²) >= 11 is 7.13. The van der Waals surface area contributed by atoms with Crippen LogP contribution in [0.5, 0.6) is 0 Å². The van der Waals surface area contributed by atoms with Crippen LogP contribution < -0.4 is 16.1 Å². The van der Waals surface area contributed by atoms with Crippen LogP contribution in [-0.4, -0.2) is 54.1 Å². The number of aryl methyl sites for hydroxylation is 1. The van der Waals surface area contributed by atoms with Crippen molar-refractivity contribution in [2.45, 2.75) is 83.1 Å². The molecule has 8 nitrogen and oxygen atoms in total. The van der Waals surface area contributed by atoms with Crippen molar-refractivity contribution in [1.82, 2.24) is 15.5 Å². The van der Waals surface area contributed by atoms with Gasteiger partial charge in [-0.3, -0.25) is 19.2 Å². The lowest BCUT2D eigenvalue weighted by molar-refractivity contribution is -0.145. The number of thioether (sulfide) groups is 1. The summed E-state index contributed by atoms with van der Waals surface area (Å²) in [5.41, 5.74) is 0.496. The Morgan fingerprint density at radius 1 is 1.00 bits per heavy atom. The van der Waals surface area contributed by atoms with Crippen LogP contribution in [0.4, 0.5) is 0 Å². The molecule has 1 saturated carbocycles. The van der Waals surface area contributed by atoms with Crippen LogP contribution in [0.3, 0.4) is 0 Å². The van der Waals surface area contributed by atoms with E-state index in [1.807, 2.05) is 64.3 Å². The van der Waals surface area contributed by atoms with Crippen molar-refractivity contribution in [3.63, 3.8) is 0 Å². The fraction of sp³-hybridized carbons (Fsp3) is 0.500. The summed E-state index contributed by atoms with van der Waals surface area (Å²) in [5.74, 6) is -0.503. The second-order valence-electron chi connectivity index (χ2n) is 13.4. The van der Waals surface area contributed by atoms with Gasteiger partial charge in [0.1, 0.15) is 5.58 Å². The topological polar surface area (TPSA) is 109 Å². The third-order valence-corrected chi connectivity index (χ3v) is 9.88. The van der Waals surface area contributed by atoms with Crippen molar-refractivity contribution >= 4 is 52.1 Å². The molecule has 46 heavy (non-hydrogen) atoms. The molecular weight excluding hydrogens is 622 g/mol. The van der Waals surface area contributed by atoms with Gasteiger partial charge in [0, 0.05) is 34.6 Å². The number of fused-ring (bicyclic) bond motifs is 1. The van der Waals surface area contributed by atoms with Gasteiger partial charge in [0.25, 0.3) is 5.91 Å². The maximum absolute atomic E-state index is 13.5. The molecule has 0 atom stereocenters. The largest absolute Gasteiger partial charge is 0.451 e. The van der Waals surface area contributed by atoms with E-state index in [1.54, 1.807) is 17.0 Å². The van der Waals surface area contributed by atoms with E-state index in [1.165, 1.54) is 29.8 Å². The Kier molecular flexibility index (Phi) is 12.0. The zero-order valence-corrected chi connectivity index (χ0v) is 29.1. The third kappa shape index (κ3) is 9.16. The molecule has 0 spiro atoms. The molecule has 0 radical (unpaired) electrons. The highest BCUT2D eigenvalue weighted by atomic mass is 35.5. The van der Waals surface area contributed by atoms with Crippen molar-refractivity contribution < 1.29 is 18.8 Å². The zero-order chi connectivity index (χ0) is 33.5. The molecular formula is C36H46ClN3O5S. The molecule has 0 unspecified atom stereocenters. The maximum Gasteiger partial charge on any atom is 0.287 e. The summed E-state index contributed by atoms with van der Waals surface area (Å²) in [4.78, 5) is 54.4. The van der Waals surface area contributed by atoms with Gasteiger partial charge in [0.05, 0.1) is 17.3 Å². The molecule has 1 aliphatic carbocycles. The average molecular weight is 668 g/mol. The first-order valence-corrected chi connectivity index (χ1v) is 17.6. The van der Waals surface area contributed by atoms with Gasteiger partial charge in [-0.2, -0.15) is 0 Å². The van der Waals surface area contributed by atoms with Crippen LogP contribution in [-0.2, 0) is 9.59 Å². The van der Waals surface area contributed by atoms with Crippen molar-refractivity contribution in [2.24, 2.45) is 11.3 Å². The van der Waals surface area contributed by atoms with Gasteiger partial charge in [0.15, 0.2) is 11.2 Å².